The van der Waals surface area contributed by atoms with Gasteiger partial charge < -0.3 is 9.47 Å². The average molecular weight is 339 g/mol. The zero-order valence-electron chi connectivity index (χ0n) is 14.8. The normalized spacial score (nSPS) is 33.2. The van der Waals surface area contributed by atoms with Crippen LogP contribution in [0, 0.1) is 5.92 Å². The lowest BCUT2D eigenvalue weighted by Gasteiger charge is -2.50. The third kappa shape index (κ3) is 2.49. The van der Waals surface area contributed by atoms with Gasteiger partial charge in [0, 0.05) is 42.5 Å². The molecule has 2 saturated heterocycles. The Balaban J connectivity index is 1.43. The van der Waals surface area contributed by atoms with Crippen molar-refractivity contribution in [3.05, 3.63) is 47.8 Å². The Labute approximate surface area is 148 Å². The molecule has 3 aliphatic heterocycles. The van der Waals surface area contributed by atoms with Gasteiger partial charge in [-0.1, -0.05) is 18.2 Å². The van der Waals surface area contributed by atoms with Crippen LogP contribution in [-0.4, -0.2) is 39.4 Å². The van der Waals surface area contributed by atoms with Crippen molar-refractivity contribution in [2.75, 3.05) is 6.54 Å². The molecule has 0 bridgehead atoms. The van der Waals surface area contributed by atoms with E-state index in [0.717, 1.165) is 31.7 Å². The van der Waals surface area contributed by atoms with E-state index in [4.69, 9.17) is 9.47 Å². The van der Waals surface area contributed by atoms with Gasteiger partial charge in [0.2, 0.25) is 0 Å². The molecule has 0 spiro atoms. The number of hydrogen-bond donors (Lipinski definition) is 1. The minimum absolute atomic E-state index is 0.147. The SMILES string of the molecule is CC1(C)Oc2ccccc2[C@@H]2O[C@@H]3CCN(Cc4ccn[nH]4)[C@@H]3C[C@H]21. The van der Waals surface area contributed by atoms with Crippen LogP contribution >= 0.6 is 0 Å². The highest BCUT2D eigenvalue weighted by atomic mass is 16.5. The van der Waals surface area contributed by atoms with Crippen molar-refractivity contribution in [1.29, 1.82) is 0 Å². The average Bonchev–Trinajstić information content (AvgIpc) is 3.24. The minimum atomic E-state index is -0.216. The van der Waals surface area contributed by atoms with E-state index in [2.05, 4.69) is 53.2 Å². The number of rotatable bonds is 2. The van der Waals surface area contributed by atoms with Crippen LogP contribution < -0.4 is 4.74 Å². The topological polar surface area (TPSA) is 50.4 Å². The zero-order chi connectivity index (χ0) is 17.0. The summed E-state index contributed by atoms with van der Waals surface area (Å²) >= 11 is 0. The smallest absolute Gasteiger partial charge is 0.125 e. The van der Waals surface area contributed by atoms with Gasteiger partial charge in [0.15, 0.2) is 0 Å². The monoisotopic (exact) mass is 339 g/mol. The van der Waals surface area contributed by atoms with E-state index < -0.39 is 0 Å². The zero-order valence-corrected chi connectivity index (χ0v) is 14.8. The first kappa shape index (κ1) is 15.4. The fourth-order valence-corrected chi connectivity index (χ4v) is 4.91. The molecule has 5 nitrogen and oxygen atoms in total. The summed E-state index contributed by atoms with van der Waals surface area (Å²) in [6.07, 6.45) is 4.50. The van der Waals surface area contributed by atoms with Crippen molar-refractivity contribution in [1.82, 2.24) is 15.1 Å². The van der Waals surface area contributed by atoms with Gasteiger partial charge >= 0.3 is 0 Å². The number of H-pyrrole nitrogens is 1. The predicted molar refractivity (Wildman–Crippen MR) is 94.3 cm³/mol. The van der Waals surface area contributed by atoms with E-state index in [9.17, 15) is 0 Å². The number of hydrogen-bond acceptors (Lipinski definition) is 4. The molecule has 1 aromatic carbocycles. The highest BCUT2D eigenvalue weighted by Crippen LogP contribution is 2.52. The van der Waals surface area contributed by atoms with Crippen LogP contribution in [0.1, 0.15) is 44.1 Å². The molecule has 0 aliphatic carbocycles. The number of aromatic amines is 1. The molecule has 0 amide bonds. The molecule has 1 aromatic heterocycles. The summed E-state index contributed by atoms with van der Waals surface area (Å²) in [6.45, 7) is 6.41. The number of nitrogens with one attached hydrogen (secondary N) is 1. The number of para-hydroxylation sites is 1. The van der Waals surface area contributed by atoms with Gasteiger partial charge in [0.25, 0.3) is 0 Å². The molecule has 0 saturated carbocycles. The van der Waals surface area contributed by atoms with Crippen LogP contribution in [0.5, 0.6) is 5.75 Å². The van der Waals surface area contributed by atoms with Crippen molar-refractivity contribution in [2.45, 2.75) is 57.1 Å². The Morgan fingerprint density at radius 3 is 3.00 bits per heavy atom. The second kappa shape index (κ2) is 5.58. The Kier molecular flexibility index (Phi) is 3.44. The van der Waals surface area contributed by atoms with Crippen LogP contribution in [0.25, 0.3) is 0 Å². The van der Waals surface area contributed by atoms with Crippen molar-refractivity contribution in [3.63, 3.8) is 0 Å². The van der Waals surface area contributed by atoms with E-state index >= 15 is 0 Å². The molecule has 3 aliphatic rings. The van der Waals surface area contributed by atoms with Gasteiger partial charge in [0.1, 0.15) is 11.4 Å². The highest BCUT2D eigenvalue weighted by Gasteiger charge is 2.52. The number of aromatic nitrogens is 2. The fraction of sp³-hybridized carbons (Fsp3) is 0.550. The molecule has 2 aromatic rings. The number of likely N-dealkylation sites (tertiary alicyclic amines) is 1. The summed E-state index contributed by atoms with van der Waals surface area (Å²) in [4.78, 5) is 2.55. The van der Waals surface area contributed by atoms with E-state index in [1.165, 1.54) is 11.3 Å². The lowest BCUT2D eigenvalue weighted by Crippen LogP contribution is -2.53. The van der Waals surface area contributed by atoms with Crippen LogP contribution in [0.15, 0.2) is 36.5 Å². The first-order valence-corrected chi connectivity index (χ1v) is 9.27. The van der Waals surface area contributed by atoms with Gasteiger partial charge in [-0.25, -0.2) is 0 Å². The van der Waals surface area contributed by atoms with E-state index in [1.54, 1.807) is 0 Å². The highest BCUT2D eigenvalue weighted by molar-refractivity contribution is 5.39. The molecular formula is C20H25N3O2. The van der Waals surface area contributed by atoms with Crippen LogP contribution in [0.2, 0.25) is 0 Å². The molecule has 1 N–H and O–H groups in total. The first-order chi connectivity index (χ1) is 12.1. The standard InChI is InChI=1S/C20H25N3O2/c1-20(2)15-11-16-18(8-10-23(16)12-13-7-9-21-22-13)24-19(15)14-5-3-4-6-17(14)25-20/h3-7,9,15-16,18-19H,8,10-12H2,1-2H3,(H,21,22)/t15-,16-,18-,19+/m1/s1. The fourth-order valence-electron chi connectivity index (χ4n) is 4.91. The molecule has 2 fully saturated rings. The maximum atomic E-state index is 6.68. The van der Waals surface area contributed by atoms with Crippen LogP contribution in [0.4, 0.5) is 0 Å². The second-order valence-corrected chi connectivity index (χ2v) is 8.09. The summed E-state index contributed by atoms with van der Waals surface area (Å²) in [5, 5.41) is 7.17. The summed E-state index contributed by atoms with van der Waals surface area (Å²) in [7, 11) is 0. The summed E-state index contributed by atoms with van der Waals surface area (Å²) in [6, 6.07) is 10.9. The largest absolute Gasteiger partial charge is 0.487 e. The lowest BCUT2D eigenvalue weighted by molar-refractivity contribution is -0.162. The minimum Gasteiger partial charge on any atom is -0.487 e. The van der Waals surface area contributed by atoms with Gasteiger partial charge in [-0.05, 0) is 38.8 Å². The van der Waals surface area contributed by atoms with Crippen LogP contribution in [0.3, 0.4) is 0 Å². The van der Waals surface area contributed by atoms with Crippen LogP contribution in [-0.2, 0) is 11.3 Å². The Morgan fingerprint density at radius 2 is 2.16 bits per heavy atom. The molecule has 5 rings (SSSR count). The van der Waals surface area contributed by atoms with Gasteiger partial charge in [0.05, 0.1) is 12.2 Å². The molecule has 132 valence electrons. The van der Waals surface area contributed by atoms with E-state index in [-0.39, 0.29) is 11.7 Å². The predicted octanol–water partition coefficient (Wildman–Crippen LogP) is 3.30. The third-order valence-electron chi connectivity index (χ3n) is 6.20. The third-order valence-corrected chi connectivity index (χ3v) is 6.20. The Hall–Kier alpha value is -1.85. The Morgan fingerprint density at radius 1 is 1.28 bits per heavy atom. The van der Waals surface area contributed by atoms with Gasteiger partial charge in [-0.2, -0.15) is 5.10 Å². The molecule has 25 heavy (non-hydrogen) atoms. The van der Waals surface area contributed by atoms with Gasteiger partial charge in [-0.15, -0.1) is 0 Å². The lowest BCUT2D eigenvalue weighted by atomic mass is 9.74. The number of benzene rings is 1. The quantitative estimate of drug-likeness (QED) is 0.912. The van der Waals surface area contributed by atoms with Crippen molar-refractivity contribution in [2.24, 2.45) is 5.92 Å². The summed E-state index contributed by atoms with van der Waals surface area (Å²) in [5.74, 6) is 1.35. The van der Waals surface area contributed by atoms with Crippen molar-refractivity contribution >= 4 is 0 Å². The second-order valence-electron chi connectivity index (χ2n) is 8.09. The number of ether oxygens (including phenoxy) is 2. The van der Waals surface area contributed by atoms with E-state index in [0.29, 0.717) is 18.1 Å². The van der Waals surface area contributed by atoms with Crippen molar-refractivity contribution in [3.8, 4) is 5.75 Å². The summed E-state index contributed by atoms with van der Waals surface area (Å²) in [5.41, 5.74) is 2.18. The molecular weight excluding hydrogens is 314 g/mol. The maximum Gasteiger partial charge on any atom is 0.125 e. The molecule has 0 unspecified atom stereocenters. The van der Waals surface area contributed by atoms with Crippen molar-refractivity contribution < 1.29 is 9.47 Å². The van der Waals surface area contributed by atoms with Gasteiger partial charge in [-0.3, -0.25) is 10.00 Å². The molecule has 0 radical (unpaired) electrons. The molecule has 4 heterocycles. The van der Waals surface area contributed by atoms with E-state index in [1.807, 2.05) is 12.3 Å². The number of fused-ring (bicyclic) bond motifs is 4. The summed E-state index contributed by atoms with van der Waals surface area (Å²) < 4.78 is 13.0. The first-order valence-electron chi connectivity index (χ1n) is 9.27. The maximum absolute atomic E-state index is 6.68. The Bertz CT molecular complexity index is 758. The number of nitrogens with zero attached hydrogens (tertiary/aromatic N) is 2. The molecule has 5 heteroatoms. The molecule has 4 atom stereocenters.